The second kappa shape index (κ2) is 6.64. The molecule has 0 aromatic heterocycles. The summed E-state index contributed by atoms with van der Waals surface area (Å²) in [4.78, 5) is 10.9. The highest BCUT2D eigenvalue weighted by atomic mass is 19.4. The van der Waals surface area contributed by atoms with Gasteiger partial charge in [-0.25, -0.2) is 4.79 Å². The van der Waals surface area contributed by atoms with Crippen LogP contribution in [0.15, 0.2) is 36.4 Å². The summed E-state index contributed by atoms with van der Waals surface area (Å²) in [6, 6.07) is 4.46. The van der Waals surface area contributed by atoms with Crippen LogP contribution in [0, 0.1) is 11.8 Å². The van der Waals surface area contributed by atoms with Crippen LogP contribution in [-0.4, -0.2) is 12.6 Å². The van der Waals surface area contributed by atoms with E-state index in [-0.39, 0.29) is 6.61 Å². The lowest BCUT2D eigenvalue weighted by Gasteiger charge is -2.05. The lowest BCUT2D eigenvalue weighted by atomic mass is 10.1. The second-order valence-corrected chi connectivity index (χ2v) is 3.43. The van der Waals surface area contributed by atoms with Gasteiger partial charge in [0, 0.05) is 11.6 Å². The zero-order valence-electron chi connectivity index (χ0n) is 10.1. The first kappa shape index (κ1) is 14.8. The number of hydrogen-bond acceptors (Lipinski definition) is 2. The number of carbonyl (C=O) groups excluding carboxylic acids is 1. The molecule has 0 aliphatic carbocycles. The number of alkyl halides is 3. The molecule has 0 amide bonds. The van der Waals surface area contributed by atoms with E-state index in [1.165, 1.54) is 18.2 Å². The predicted octanol–water partition coefficient (Wildman–Crippen LogP) is 3.18. The Labute approximate surface area is 108 Å². The monoisotopic (exact) mass is 268 g/mol. The van der Waals surface area contributed by atoms with Crippen molar-refractivity contribution in [3.05, 3.63) is 47.5 Å². The van der Waals surface area contributed by atoms with Crippen LogP contribution in [0.1, 0.15) is 18.1 Å². The number of esters is 1. The number of benzene rings is 1. The van der Waals surface area contributed by atoms with Gasteiger partial charge in [-0.2, -0.15) is 13.2 Å². The summed E-state index contributed by atoms with van der Waals surface area (Å²) in [5, 5.41) is 0. The maximum absolute atomic E-state index is 12.3. The number of halogens is 3. The van der Waals surface area contributed by atoms with Crippen molar-refractivity contribution in [2.75, 3.05) is 6.61 Å². The smallest absolute Gasteiger partial charge is 0.416 e. The molecule has 0 bridgehead atoms. The Balaban J connectivity index is 2.67. The molecule has 5 heteroatoms. The highest BCUT2D eigenvalue weighted by Gasteiger charge is 2.29. The summed E-state index contributed by atoms with van der Waals surface area (Å²) < 4.78 is 41.5. The Bertz CT molecular complexity index is 516. The molecule has 1 rings (SSSR count). The van der Waals surface area contributed by atoms with Gasteiger partial charge in [0.05, 0.1) is 12.2 Å². The SMILES string of the molecule is CCOC(=O)C=CC#Cc1ccc(C(F)(F)F)cc1. The van der Waals surface area contributed by atoms with Crippen molar-refractivity contribution < 1.29 is 22.7 Å². The van der Waals surface area contributed by atoms with E-state index in [4.69, 9.17) is 0 Å². The van der Waals surface area contributed by atoms with E-state index < -0.39 is 17.7 Å². The van der Waals surface area contributed by atoms with Crippen molar-refractivity contribution in [1.82, 2.24) is 0 Å². The Morgan fingerprint density at radius 1 is 1.32 bits per heavy atom. The number of carbonyl (C=O) groups is 1. The van der Waals surface area contributed by atoms with Gasteiger partial charge in [0.15, 0.2) is 0 Å². The molecule has 0 fully saturated rings. The van der Waals surface area contributed by atoms with Gasteiger partial charge in [-0.05, 0) is 37.3 Å². The molecule has 100 valence electrons. The van der Waals surface area contributed by atoms with Gasteiger partial charge in [-0.1, -0.05) is 11.8 Å². The van der Waals surface area contributed by atoms with Crippen molar-refractivity contribution >= 4 is 5.97 Å². The first-order valence-corrected chi connectivity index (χ1v) is 5.45. The normalized spacial score (nSPS) is 10.9. The number of allylic oxidation sites excluding steroid dienone is 1. The van der Waals surface area contributed by atoms with Gasteiger partial charge in [0.1, 0.15) is 0 Å². The largest absolute Gasteiger partial charge is 0.463 e. The van der Waals surface area contributed by atoms with Crippen LogP contribution in [0.2, 0.25) is 0 Å². The molecule has 19 heavy (non-hydrogen) atoms. The highest BCUT2D eigenvalue weighted by Crippen LogP contribution is 2.28. The molecule has 0 aliphatic rings. The van der Waals surface area contributed by atoms with Crippen LogP contribution in [0.25, 0.3) is 0 Å². The van der Waals surface area contributed by atoms with Crippen molar-refractivity contribution in [3.63, 3.8) is 0 Å². The van der Waals surface area contributed by atoms with Crippen LogP contribution in [0.3, 0.4) is 0 Å². The third-order valence-corrected chi connectivity index (χ3v) is 2.02. The van der Waals surface area contributed by atoms with Crippen LogP contribution in [0.5, 0.6) is 0 Å². The summed E-state index contributed by atoms with van der Waals surface area (Å²) in [6.07, 6.45) is -1.91. The number of rotatable bonds is 2. The number of ether oxygens (including phenoxy) is 1. The van der Waals surface area contributed by atoms with E-state index in [2.05, 4.69) is 16.6 Å². The molecule has 1 aromatic rings. The topological polar surface area (TPSA) is 26.3 Å². The van der Waals surface area contributed by atoms with Gasteiger partial charge >= 0.3 is 12.1 Å². The minimum Gasteiger partial charge on any atom is -0.463 e. The Morgan fingerprint density at radius 3 is 2.47 bits per heavy atom. The molecule has 0 atom stereocenters. The first-order chi connectivity index (χ1) is 8.93. The van der Waals surface area contributed by atoms with E-state index in [1.807, 2.05) is 0 Å². The molecule has 0 aliphatic heterocycles. The van der Waals surface area contributed by atoms with Crippen molar-refractivity contribution in [3.8, 4) is 11.8 Å². The quantitative estimate of drug-likeness (QED) is 0.468. The number of hydrogen-bond donors (Lipinski definition) is 0. The van der Waals surface area contributed by atoms with Crippen molar-refractivity contribution in [2.45, 2.75) is 13.1 Å². The first-order valence-electron chi connectivity index (χ1n) is 5.45. The summed E-state index contributed by atoms with van der Waals surface area (Å²) in [5.74, 6) is 4.64. The molecular formula is C14H11F3O2. The van der Waals surface area contributed by atoms with Crippen LogP contribution >= 0.6 is 0 Å². The fraction of sp³-hybridized carbons (Fsp3) is 0.214. The molecular weight excluding hydrogens is 257 g/mol. The Morgan fingerprint density at radius 2 is 1.95 bits per heavy atom. The fourth-order valence-electron chi connectivity index (χ4n) is 1.17. The van der Waals surface area contributed by atoms with Gasteiger partial charge < -0.3 is 4.74 Å². The standard InChI is InChI=1S/C14H11F3O2/c1-2-19-13(18)6-4-3-5-11-7-9-12(10-8-11)14(15,16)17/h4,6-10H,2H2,1H3. The average molecular weight is 268 g/mol. The van der Waals surface area contributed by atoms with E-state index >= 15 is 0 Å². The lowest BCUT2D eigenvalue weighted by molar-refractivity contribution is -0.138. The van der Waals surface area contributed by atoms with Crippen LogP contribution in [-0.2, 0) is 15.7 Å². The van der Waals surface area contributed by atoms with Gasteiger partial charge in [-0.15, -0.1) is 0 Å². The van der Waals surface area contributed by atoms with Crippen molar-refractivity contribution in [1.29, 1.82) is 0 Å². The van der Waals surface area contributed by atoms with Crippen LogP contribution in [0.4, 0.5) is 13.2 Å². The molecule has 0 N–H and O–H groups in total. The molecule has 0 saturated heterocycles. The molecule has 0 radical (unpaired) electrons. The predicted molar refractivity (Wildman–Crippen MR) is 64.1 cm³/mol. The third kappa shape index (κ3) is 5.30. The third-order valence-electron chi connectivity index (χ3n) is 2.02. The maximum atomic E-state index is 12.3. The Kier molecular flexibility index (Phi) is 5.19. The maximum Gasteiger partial charge on any atom is 0.416 e. The van der Waals surface area contributed by atoms with Gasteiger partial charge in [-0.3, -0.25) is 0 Å². The molecule has 0 heterocycles. The van der Waals surface area contributed by atoms with Gasteiger partial charge in [0.25, 0.3) is 0 Å². The van der Waals surface area contributed by atoms with Gasteiger partial charge in [0.2, 0.25) is 0 Å². The van der Waals surface area contributed by atoms with E-state index in [0.29, 0.717) is 5.56 Å². The van der Waals surface area contributed by atoms with E-state index in [0.717, 1.165) is 18.2 Å². The Hall–Kier alpha value is -2.22. The minimum atomic E-state index is -4.35. The minimum absolute atomic E-state index is 0.273. The molecule has 2 nitrogen and oxygen atoms in total. The summed E-state index contributed by atoms with van der Waals surface area (Å²) >= 11 is 0. The summed E-state index contributed by atoms with van der Waals surface area (Å²) in [5.41, 5.74) is -0.290. The lowest BCUT2D eigenvalue weighted by Crippen LogP contribution is -2.04. The fourth-order valence-corrected chi connectivity index (χ4v) is 1.17. The van der Waals surface area contributed by atoms with E-state index in [9.17, 15) is 18.0 Å². The molecule has 0 spiro atoms. The van der Waals surface area contributed by atoms with Crippen molar-refractivity contribution in [2.24, 2.45) is 0 Å². The zero-order chi connectivity index (χ0) is 14.3. The second-order valence-electron chi connectivity index (χ2n) is 3.43. The summed E-state index contributed by atoms with van der Waals surface area (Å²) in [7, 11) is 0. The molecule has 0 unspecified atom stereocenters. The van der Waals surface area contributed by atoms with E-state index in [1.54, 1.807) is 6.92 Å². The van der Waals surface area contributed by atoms with Crippen LogP contribution < -0.4 is 0 Å². The zero-order valence-corrected chi connectivity index (χ0v) is 10.1. The molecule has 0 saturated carbocycles. The average Bonchev–Trinajstić information content (AvgIpc) is 2.34. The molecule has 1 aromatic carbocycles. The highest BCUT2D eigenvalue weighted by molar-refractivity contribution is 5.82. The summed E-state index contributed by atoms with van der Waals surface area (Å²) in [6.45, 7) is 1.95.